The van der Waals surface area contributed by atoms with Crippen LogP contribution in [0.5, 0.6) is 11.5 Å². The molecule has 4 aromatic carbocycles. The van der Waals surface area contributed by atoms with Crippen molar-refractivity contribution in [2.75, 3.05) is 6.61 Å². The first-order valence-corrected chi connectivity index (χ1v) is 10.9. The van der Waals surface area contributed by atoms with Crippen LogP contribution in [0.25, 0.3) is 10.8 Å². The van der Waals surface area contributed by atoms with Crippen molar-refractivity contribution in [3.63, 3.8) is 0 Å². The molecule has 0 aliphatic heterocycles. The number of hydrogen-bond acceptors (Lipinski definition) is 4. The molecule has 1 unspecified atom stereocenters. The Labute approximate surface area is 193 Å². The van der Waals surface area contributed by atoms with Gasteiger partial charge in [0.2, 0.25) is 5.91 Å². The molecule has 1 amide bonds. The minimum atomic E-state index is -0.524. The van der Waals surface area contributed by atoms with Gasteiger partial charge in [-0.25, -0.2) is 4.79 Å². The van der Waals surface area contributed by atoms with E-state index in [-0.39, 0.29) is 12.5 Å². The highest BCUT2D eigenvalue weighted by molar-refractivity contribution is 5.90. The van der Waals surface area contributed by atoms with Crippen molar-refractivity contribution < 1.29 is 19.1 Å². The third kappa shape index (κ3) is 5.39. The maximum absolute atomic E-state index is 12.7. The lowest BCUT2D eigenvalue weighted by Crippen LogP contribution is -2.29. The minimum Gasteiger partial charge on any atom is -0.482 e. The Bertz CT molecular complexity index is 1240. The van der Waals surface area contributed by atoms with Crippen LogP contribution < -0.4 is 14.8 Å². The number of nitrogens with one attached hydrogen (secondary N) is 1. The van der Waals surface area contributed by atoms with E-state index >= 15 is 0 Å². The molecule has 0 aliphatic carbocycles. The molecular weight excluding hydrogens is 414 g/mol. The van der Waals surface area contributed by atoms with Crippen molar-refractivity contribution in [3.8, 4) is 11.5 Å². The van der Waals surface area contributed by atoms with Crippen molar-refractivity contribution in [1.82, 2.24) is 5.32 Å². The Morgan fingerprint density at radius 2 is 1.48 bits per heavy atom. The standard InChI is InChI=1S/C28H25NO4/c1-2-25(30)29-28(21-12-5-3-6-13-21)27-23-16-10-9-11-20(23)17-18-24(27)33-26(31)19-32-22-14-7-4-8-15-22/h3-18,28H,2,19H2,1H3,(H,29,30). The van der Waals surface area contributed by atoms with Gasteiger partial charge in [-0.05, 0) is 34.5 Å². The van der Waals surface area contributed by atoms with Crippen LogP contribution in [0.1, 0.15) is 30.5 Å². The number of hydrogen-bond donors (Lipinski definition) is 1. The molecule has 0 saturated heterocycles. The van der Waals surface area contributed by atoms with Gasteiger partial charge in [-0.2, -0.15) is 0 Å². The summed E-state index contributed by atoms with van der Waals surface area (Å²) in [4.78, 5) is 25.1. The number of para-hydroxylation sites is 1. The lowest BCUT2D eigenvalue weighted by atomic mass is 9.92. The lowest BCUT2D eigenvalue weighted by Gasteiger charge is -2.24. The van der Waals surface area contributed by atoms with Gasteiger partial charge < -0.3 is 14.8 Å². The summed E-state index contributed by atoms with van der Waals surface area (Å²) in [5.74, 6) is 0.358. The molecular formula is C28H25NO4. The summed E-state index contributed by atoms with van der Waals surface area (Å²) in [6.45, 7) is 1.58. The highest BCUT2D eigenvalue weighted by atomic mass is 16.6. The van der Waals surface area contributed by atoms with Crippen molar-refractivity contribution in [1.29, 1.82) is 0 Å². The zero-order valence-electron chi connectivity index (χ0n) is 18.4. The molecule has 0 spiro atoms. The summed E-state index contributed by atoms with van der Waals surface area (Å²) in [7, 11) is 0. The molecule has 0 bridgehead atoms. The van der Waals surface area contributed by atoms with Gasteiger partial charge in [0.1, 0.15) is 11.5 Å². The van der Waals surface area contributed by atoms with Crippen LogP contribution in [0.2, 0.25) is 0 Å². The molecule has 1 N–H and O–H groups in total. The molecule has 0 aromatic heterocycles. The van der Waals surface area contributed by atoms with Crippen LogP contribution >= 0.6 is 0 Å². The van der Waals surface area contributed by atoms with E-state index in [1.54, 1.807) is 18.2 Å². The van der Waals surface area contributed by atoms with E-state index in [0.29, 0.717) is 17.9 Å². The van der Waals surface area contributed by atoms with Gasteiger partial charge in [0.25, 0.3) is 0 Å². The summed E-state index contributed by atoms with van der Waals surface area (Å²) in [6, 6.07) is 29.8. The van der Waals surface area contributed by atoms with Crippen molar-refractivity contribution in [3.05, 3.63) is 108 Å². The zero-order chi connectivity index (χ0) is 23.0. The number of amides is 1. The Kier molecular flexibility index (Phi) is 7.00. The Morgan fingerprint density at radius 3 is 2.21 bits per heavy atom. The number of ether oxygens (including phenoxy) is 2. The fourth-order valence-corrected chi connectivity index (χ4v) is 3.70. The quantitative estimate of drug-likeness (QED) is 0.293. The Balaban J connectivity index is 1.72. The number of esters is 1. The first kappa shape index (κ1) is 22.1. The maximum Gasteiger partial charge on any atom is 0.349 e. The molecule has 0 saturated carbocycles. The smallest absolute Gasteiger partial charge is 0.349 e. The first-order valence-electron chi connectivity index (χ1n) is 10.9. The van der Waals surface area contributed by atoms with E-state index < -0.39 is 12.0 Å². The topological polar surface area (TPSA) is 64.6 Å². The van der Waals surface area contributed by atoms with Crippen LogP contribution in [-0.4, -0.2) is 18.5 Å². The molecule has 5 nitrogen and oxygen atoms in total. The van der Waals surface area contributed by atoms with Gasteiger partial charge in [-0.1, -0.05) is 85.8 Å². The van der Waals surface area contributed by atoms with Gasteiger partial charge in [0.15, 0.2) is 6.61 Å². The van der Waals surface area contributed by atoms with Crippen LogP contribution in [-0.2, 0) is 9.59 Å². The zero-order valence-corrected chi connectivity index (χ0v) is 18.4. The molecule has 166 valence electrons. The average Bonchev–Trinajstić information content (AvgIpc) is 2.87. The van der Waals surface area contributed by atoms with E-state index in [4.69, 9.17) is 9.47 Å². The molecule has 5 heteroatoms. The predicted octanol–water partition coefficient (Wildman–Crippen LogP) is 5.44. The molecule has 4 aromatic rings. The number of fused-ring (bicyclic) bond motifs is 1. The second kappa shape index (κ2) is 10.5. The number of rotatable bonds is 8. The average molecular weight is 440 g/mol. The van der Waals surface area contributed by atoms with Crippen LogP contribution in [0.4, 0.5) is 0 Å². The van der Waals surface area contributed by atoms with Gasteiger partial charge >= 0.3 is 5.97 Å². The van der Waals surface area contributed by atoms with Crippen LogP contribution in [0, 0.1) is 0 Å². The number of carbonyl (C=O) groups excluding carboxylic acids is 2. The fraction of sp³-hybridized carbons (Fsp3) is 0.143. The largest absolute Gasteiger partial charge is 0.482 e. The maximum atomic E-state index is 12.7. The molecule has 33 heavy (non-hydrogen) atoms. The summed E-state index contributed by atoms with van der Waals surface area (Å²) in [6.07, 6.45) is 0.341. The van der Waals surface area contributed by atoms with Gasteiger partial charge in [-0.15, -0.1) is 0 Å². The molecule has 0 fully saturated rings. The lowest BCUT2D eigenvalue weighted by molar-refractivity contribution is -0.136. The summed E-state index contributed by atoms with van der Waals surface area (Å²) in [5.41, 5.74) is 1.63. The van der Waals surface area contributed by atoms with Crippen molar-refractivity contribution in [2.24, 2.45) is 0 Å². The highest BCUT2D eigenvalue weighted by Crippen LogP contribution is 2.36. The van der Waals surface area contributed by atoms with E-state index in [1.165, 1.54) is 0 Å². The molecule has 0 aliphatic rings. The second-order valence-electron chi connectivity index (χ2n) is 7.54. The number of carbonyl (C=O) groups is 2. The van der Waals surface area contributed by atoms with E-state index in [2.05, 4.69) is 5.32 Å². The van der Waals surface area contributed by atoms with E-state index in [9.17, 15) is 9.59 Å². The third-order valence-corrected chi connectivity index (χ3v) is 5.30. The van der Waals surface area contributed by atoms with Gasteiger partial charge in [0.05, 0.1) is 6.04 Å². The van der Waals surface area contributed by atoms with Crippen LogP contribution in [0.15, 0.2) is 97.1 Å². The number of benzene rings is 4. The Hall–Kier alpha value is -4.12. The van der Waals surface area contributed by atoms with Crippen molar-refractivity contribution >= 4 is 22.6 Å². The fourth-order valence-electron chi connectivity index (χ4n) is 3.70. The third-order valence-electron chi connectivity index (χ3n) is 5.30. The highest BCUT2D eigenvalue weighted by Gasteiger charge is 2.24. The molecule has 4 rings (SSSR count). The molecule has 0 heterocycles. The van der Waals surface area contributed by atoms with E-state index in [0.717, 1.165) is 21.9 Å². The van der Waals surface area contributed by atoms with Crippen molar-refractivity contribution in [2.45, 2.75) is 19.4 Å². The van der Waals surface area contributed by atoms with Crippen LogP contribution in [0.3, 0.4) is 0 Å². The first-order chi connectivity index (χ1) is 16.2. The van der Waals surface area contributed by atoms with Gasteiger partial charge in [0, 0.05) is 12.0 Å². The minimum absolute atomic E-state index is 0.0959. The summed E-state index contributed by atoms with van der Waals surface area (Å²) >= 11 is 0. The Morgan fingerprint density at radius 1 is 0.818 bits per heavy atom. The molecule has 0 radical (unpaired) electrons. The SMILES string of the molecule is CCC(=O)NC(c1ccccc1)c1c(OC(=O)COc2ccccc2)ccc2ccccc12. The summed E-state index contributed by atoms with van der Waals surface area (Å²) in [5, 5.41) is 4.99. The predicted molar refractivity (Wildman–Crippen MR) is 128 cm³/mol. The summed E-state index contributed by atoms with van der Waals surface area (Å²) < 4.78 is 11.3. The monoisotopic (exact) mass is 439 g/mol. The van der Waals surface area contributed by atoms with E-state index in [1.807, 2.05) is 85.8 Å². The molecule has 1 atom stereocenters. The van der Waals surface area contributed by atoms with Gasteiger partial charge in [-0.3, -0.25) is 4.79 Å². The second-order valence-corrected chi connectivity index (χ2v) is 7.54. The normalized spacial score (nSPS) is 11.5.